The molecule has 1 saturated carbocycles. The third-order valence-electron chi connectivity index (χ3n) is 5.19. The van der Waals surface area contributed by atoms with Gasteiger partial charge in [0.15, 0.2) is 5.76 Å². The Morgan fingerprint density at radius 3 is 2.64 bits per heavy atom. The van der Waals surface area contributed by atoms with Gasteiger partial charge in [-0.05, 0) is 43.1 Å². The van der Waals surface area contributed by atoms with Crippen LogP contribution in [-0.2, 0) is 14.3 Å². The predicted molar refractivity (Wildman–Crippen MR) is 97.8 cm³/mol. The van der Waals surface area contributed by atoms with Crippen LogP contribution < -0.4 is 5.32 Å². The molecule has 25 heavy (non-hydrogen) atoms. The highest BCUT2D eigenvalue weighted by atomic mass is 16.7. The molecule has 0 radical (unpaired) electrons. The largest absolute Gasteiger partial charge is 0.459 e. The third-order valence-corrected chi connectivity index (χ3v) is 5.19. The molecule has 1 fully saturated rings. The van der Waals surface area contributed by atoms with Crippen molar-refractivity contribution in [1.82, 2.24) is 5.32 Å². The summed E-state index contributed by atoms with van der Waals surface area (Å²) in [6.07, 6.45) is 9.61. The number of nitrogens with one attached hydrogen (secondary N) is 1. The number of carbonyl (C=O) groups is 1. The van der Waals surface area contributed by atoms with Gasteiger partial charge in [0.25, 0.3) is 5.91 Å². The summed E-state index contributed by atoms with van der Waals surface area (Å²) in [7, 11) is 0. The van der Waals surface area contributed by atoms with Crippen molar-refractivity contribution in [2.75, 3.05) is 13.2 Å². The molecule has 0 aromatic heterocycles. The molecule has 1 heterocycles. The van der Waals surface area contributed by atoms with Gasteiger partial charge < -0.3 is 19.9 Å². The molecule has 5 nitrogen and oxygen atoms in total. The number of carbonyl (C=O) groups excluding carboxylic acids is 1. The van der Waals surface area contributed by atoms with Gasteiger partial charge in [0.1, 0.15) is 0 Å². The summed E-state index contributed by atoms with van der Waals surface area (Å²) in [5.74, 6) is 0.532. The van der Waals surface area contributed by atoms with Crippen LogP contribution >= 0.6 is 0 Å². The average Bonchev–Trinajstić information content (AvgIpc) is 2.58. The van der Waals surface area contributed by atoms with E-state index in [0.29, 0.717) is 12.4 Å². The second-order valence-corrected chi connectivity index (χ2v) is 8.40. The van der Waals surface area contributed by atoms with Crippen molar-refractivity contribution in [3.8, 4) is 0 Å². The maximum atomic E-state index is 12.7. The number of hydrogen-bond acceptors (Lipinski definition) is 4. The number of hydrogen-bond donors (Lipinski definition) is 2. The second kappa shape index (κ2) is 9.58. The zero-order valence-corrected chi connectivity index (χ0v) is 16.1. The highest BCUT2D eigenvalue weighted by molar-refractivity contribution is 5.91. The number of ether oxygens (including phenoxy) is 2. The van der Waals surface area contributed by atoms with Crippen LogP contribution in [0, 0.1) is 11.3 Å². The quantitative estimate of drug-likeness (QED) is 0.687. The van der Waals surface area contributed by atoms with Crippen LogP contribution in [0.3, 0.4) is 0 Å². The third kappa shape index (κ3) is 6.63. The molecule has 0 spiro atoms. The number of amides is 1. The predicted octanol–water partition coefficient (Wildman–Crippen LogP) is 3.52. The minimum absolute atomic E-state index is 0.0485. The van der Waals surface area contributed by atoms with Crippen molar-refractivity contribution in [2.45, 2.75) is 84.5 Å². The van der Waals surface area contributed by atoms with Crippen LogP contribution in [0.2, 0.25) is 0 Å². The first-order valence-electron chi connectivity index (χ1n) is 9.82. The molecule has 5 heteroatoms. The van der Waals surface area contributed by atoms with Gasteiger partial charge in [-0.3, -0.25) is 4.79 Å². The Kier molecular flexibility index (Phi) is 7.76. The van der Waals surface area contributed by atoms with Gasteiger partial charge in [-0.15, -0.1) is 0 Å². The van der Waals surface area contributed by atoms with Crippen molar-refractivity contribution in [2.24, 2.45) is 11.3 Å². The van der Waals surface area contributed by atoms with Gasteiger partial charge in [0.05, 0.1) is 6.61 Å². The van der Waals surface area contributed by atoms with E-state index in [1.165, 1.54) is 19.3 Å². The Hall–Kier alpha value is -1.07. The summed E-state index contributed by atoms with van der Waals surface area (Å²) >= 11 is 0. The van der Waals surface area contributed by atoms with Crippen molar-refractivity contribution in [1.29, 1.82) is 0 Å². The van der Waals surface area contributed by atoms with Crippen LogP contribution in [0.15, 0.2) is 11.8 Å². The van der Waals surface area contributed by atoms with E-state index in [4.69, 9.17) is 14.6 Å². The van der Waals surface area contributed by atoms with Gasteiger partial charge in [-0.2, -0.15) is 0 Å². The molecule has 2 aliphatic rings. The molecule has 0 aromatic carbocycles. The number of allylic oxidation sites excluding steroid dienone is 1. The molecular formula is C20H35NO4. The fourth-order valence-corrected chi connectivity index (χ4v) is 3.45. The lowest BCUT2D eigenvalue weighted by Crippen LogP contribution is -2.41. The zero-order valence-electron chi connectivity index (χ0n) is 16.1. The van der Waals surface area contributed by atoms with Crippen LogP contribution in [0.25, 0.3) is 0 Å². The summed E-state index contributed by atoms with van der Waals surface area (Å²) in [4.78, 5) is 12.7. The number of unbranched alkanes of at least 4 members (excludes halogenated alkanes) is 1. The molecule has 0 saturated heterocycles. The Bertz CT molecular complexity index is 449. The molecule has 0 bridgehead atoms. The standard InChI is InChI=1S/C20H35NO4/c1-20(2,3)15-13-17(19(23)21-16-9-5-4-6-10-16)25-18(14-15)24-12-8-7-11-22/h13,15-16,18,22H,4-12,14H2,1-3H3,(H,21,23)/t15-,18+/m1/s1. The SMILES string of the molecule is CC(C)(C)[C@@H]1C=C(C(=O)NC2CCCCC2)O[C@H](OCCCCO)C1. The van der Waals surface area contributed by atoms with E-state index in [0.717, 1.165) is 32.1 Å². The van der Waals surface area contributed by atoms with Crippen molar-refractivity contribution in [3.63, 3.8) is 0 Å². The highest BCUT2D eigenvalue weighted by Gasteiger charge is 2.34. The fraction of sp³-hybridized carbons (Fsp3) is 0.850. The normalized spacial score (nSPS) is 25.2. The van der Waals surface area contributed by atoms with Gasteiger partial charge >= 0.3 is 0 Å². The first-order chi connectivity index (χ1) is 11.9. The second-order valence-electron chi connectivity index (χ2n) is 8.40. The van der Waals surface area contributed by atoms with Crippen LogP contribution in [0.1, 0.15) is 72.1 Å². The molecule has 1 amide bonds. The minimum Gasteiger partial charge on any atom is -0.459 e. The number of rotatable bonds is 7. The van der Waals surface area contributed by atoms with E-state index in [1.54, 1.807) is 0 Å². The zero-order chi connectivity index (χ0) is 18.3. The molecule has 2 atom stereocenters. The molecule has 144 valence electrons. The molecule has 1 aliphatic heterocycles. The Morgan fingerprint density at radius 2 is 2.00 bits per heavy atom. The Balaban J connectivity index is 1.97. The number of aliphatic hydroxyl groups is 1. The molecule has 2 rings (SSSR count). The van der Waals surface area contributed by atoms with E-state index in [-0.39, 0.29) is 36.2 Å². The van der Waals surface area contributed by atoms with Crippen LogP contribution in [0.5, 0.6) is 0 Å². The lowest BCUT2D eigenvalue weighted by atomic mass is 9.77. The average molecular weight is 354 g/mol. The van der Waals surface area contributed by atoms with Crippen LogP contribution in [0.4, 0.5) is 0 Å². The smallest absolute Gasteiger partial charge is 0.286 e. The van der Waals surface area contributed by atoms with Gasteiger partial charge in [0, 0.05) is 19.1 Å². The van der Waals surface area contributed by atoms with E-state index < -0.39 is 0 Å². The molecule has 1 aliphatic carbocycles. The summed E-state index contributed by atoms with van der Waals surface area (Å²) in [5.41, 5.74) is 0.0485. The summed E-state index contributed by atoms with van der Waals surface area (Å²) < 4.78 is 11.7. The topological polar surface area (TPSA) is 67.8 Å². The number of aliphatic hydroxyl groups excluding tert-OH is 1. The van der Waals surface area contributed by atoms with Gasteiger partial charge in [-0.25, -0.2) is 0 Å². The monoisotopic (exact) mass is 353 g/mol. The lowest BCUT2D eigenvalue weighted by Gasteiger charge is -2.36. The van der Waals surface area contributed by atoms with E-state index in [1.807, 2.05) is 6.08 Å². The molecule has 2 N–H and O–H groups in total. The van der Waals surface area contributed by atoms with E-state index in [9.17, 15) is 4.79 Å². The first kappa shape index (κ1) is 20.2. The minimum atomic E-state index is -0.389. The highest BCUT2D eigenvalue weighted by Crippen LogP contribution is 2.36. The molecule has 0 unspecified atom stereocenters. The van der Waals surface area contributed by atoms with E-state index in [2.05, 4.69) is 26.1 Å². The summed E-state index contributed by atoms with van der Waals surface area (Å²) in [5, 5.41) is 12.0. The molecule has 0 aromatic rings. The molecular weight excluding hydrogens is 318 g/mol. The Labute approximate surface area is 152 Å². The lowest BCUT2D eigenvalue weighted by molar-refractivity contribution is -0.153. The van der Waals surface area contributed by atoms with Crippen LogP contribution in [-0.4, -0.2) is 36.6 Å². The van der Waals surface area contributed by atoms with Gasteiger partial charge in [-0.1, -0.05) is 40.0 Å². The van der Waals surface area contributed by atoms with Crippen molar-refractivity contribution in [3.05, 3.63) is 11.8 Å². The van der Waals surface area contributed by atoms with Gasteiger partial charge in [0.2, 0.25) is 6.29 Å². The summed E-state index contributed by atoms with van der Waals surface area (Å²) in [6.45, 7) is 7.25. The summed E-state index contributed by atoms with van der Waals surface area (Å²) in [6, 6.07) is 0.268. The van der Waals surface area contributed by atoms with Crippen molar-refractivity contribution >= 4 is 5.91 Å². The Morgan fingerprint density at radius 1 is 1.28 bits per heavy atom. The maximum Gasteiger partial charge on any atom is 0.286 e. The maximum absolute atomic E-state index is 12.7. The fourth-order valence-electron chi connectivity index (χ4n) is 3.45. The first-order valence-corrected chi connectivity index (χ1v) is 9.82. The van der Waals surface area contributed by atoms with Crippen molar-refractivity contribution < 1.29 is 19.4 Å². The van der Waals surface area contributed by atoms with E-state index >= 15 is 0 Å².